The van der Waals surface area contributed by atoms with Gasteiger partial charge in [-0.1, -0.05) is 29.8 Å². The maximum Gasteiger partial charge on any atom is 0.179 e. The van der Waals surface area contributed by atoms with Crippen molar-refractivity contribution >= 4 is 21.4 Å². The summed E-state index contributed by atoms with van der Waals surface area (Å²) in [4.78, 5) is 0. The fraction of sp³-hybridized carbons (Fsp3) is 0.211. The van der Waals surface area contributed by atoms with E-state index < -0.39 is 9.84 Å². The van der Waals surface area contributed by atoms with Gasteiger partial charge in [0.05, 0.1) is 27.9 Å². The van der Waals surface area contributed by atoms with E-state index in [1.54, 1.807) is 29.1 Å². The Hall–Kier alpha value is -2.51. The van der Waals surface area contributed by atoms with Crippen LogP contribution in [0.2, 0.25) is 5.02 Å². The number of benzene rings is 2. The molecule has 0 amide bonds. The molecule has 4 rings (SSSR count). The molecule has 6 nitrogen and oxygen atoms in total. The van der Waals surface area contributed by atoms with E-state index in [1.165, 1.54) is 0 Å². The topological polar surface area (TPSA) is 70.4 Å². The van der Waals surface area contributed by atoms with Gasteiger partial charge in [0.15, 0.2) is 21.3 Å². The zero-order valence-electron chi connectivity index (χ0n) is 14.3. The summed E-state index contributed by atoms with van der Waals surface area (Å²) in [6, 6.07) is 14.5. The second-order valence-corrected chi connectivity index (χ2v) is 8.69. The van der Waals surface area contributed by atoms with Gasteiger partial charge in [0.1, 0.15) is 13.2 Å². The first-order chi connectivity index (χ1) is 13.0. The molecule has 0 saturated heterocycles. The van der Waals surface area contributed by atoms with Crippen LogP contribution in [0.1, 0.15) is 11.3 Å². The van der Waals surface area contributed by atoms with Crippen molar-refractivity contribution in [3.8, 4) is 17.2 Å². The predicted octanol–water partition coefficient (Wildman–Crippen LogP) is 3.41. The summed E-state index contributed by atoms with van der Waals surface area (Å²) in [5.41, 5.74) is 1.93. The Morgan fingerprint density at radius 2 is 1.81 bits per heavy atom. The van der Waals surface area contributed by atoms with Crippen molar-refractivity contribution in [1.82, 2.24) is 9.78 Å². The van der Waals surface area contributed by atoms with Crippen LogP contribution in [-0.4, -0.2) is 31.4 Å². The number of fused-ring (bicyclic) bond motifs is 1. The molecule has 140 valence electrons. The molecule has 0 saturated carbocycles. The van der Waals surface area contributed by atoms with Crippen molar-refractivity contribution in [1.29, 1.82) is 0 Å². The molecule has 27 heavy (non-hydrogen) atoms. The Kier molecular flexibility index (Phi) is 4.80. The summed E-state index contributed by atoms with van der Waals surface area (Å²) < 4.78 is 37.9. The summed E-state index contributed by atoms with van der Waals surface area (Å²) in [6.45, 7) is 0.838. The smallest absolute Gasteiger partial charge is 0.179 e. The minimum Gasteiger partial charge on any atom is -0.486 e. The SMILES string of the molecule is O=S(=O)(Cc1cc(Cl)c2c(c1)OCCO2)Cc1ccn(-c2ccccc2)n1. The zero-order valence-corrected chi connectivity index (χ0v) is 15.9. The lowest BCUT2D eigenvalue weighted by Gasteiger charge is -2.20. The minimum absolute atomic E-state index is 0.151. The predicted molar refractivity (Wildman–Crippen MR) is 102 cm³/mol. The van der Waals surface area contributed by atoms with E-state index in [4.69, 9.17) is 21.1 Å². The molecule has 8 heteroatoms. The summed E-state index contributed by atoms with van der Waals surface area (Å²) >= 11 is 6.19. The normalized spacial score (nSPS) is 13.5. The van der Waals surface area contributed by atoms with Crippen LogP contribution in [0.5, 0.6) is 11.5 Å². The Morgan fingerprint density at radius 1 is 1.04 bits per heavy atom. The molecular formula is C19H17ClN2O4S. The molecule has 1 aromatic heterocycles. The molecule has 0 fully saturated rings. The number of hydrogen-bond acceptors (Lipinski definition) is 5. The average Bonchev–Trinajstić information content (AvgIpc) is 3.10. The van der Waals surface area contributed by atoms with Crippen molar-refractivity contribution in [3.63, 3.8) is 0 Å². The van der Waals surface area contributed by atoms with Crippen LogP contribution in [-0.2, 0) is 21.3 Å². The Labute approximate surface area is 162 Å². The van der Waals surface area contributed by atoms with E-state index in [1.807, 2.05) is 30.3 Å². The third-order valence-corrected chi connectivity index (χ3v) is 5.87. The number of nitrogens with zero attached hydrogens (tertiary/aromatic N) is 2. The van der Waals surface area contributed by atoms with E-state index in [9.17, 15) is 8.42 Å². The van der Waals surface area contributed by atoms with Crippen LogP contribution >= 0.6 is 11.6 Å². The van der Waals surface area contributed by atoms with Crippen molar-refractivity contribution in [3.05, 3.63) is 71.0 Å². The highest BCUT2D eigenvalue weighted by atomic mass is 35.5. The first-order valence-electron chi connectivity index (χ1n) is 8.39. The van der Waals surface area contributed by atoms with Gasteiger partial charge in [-0.3, -0.25) is 0 Å². The van der Waals surface area contributed by atoms with Crippen molar-refractivity contribution in [2.75, 3.05) is 13.2 Å². The summed E-state index contributed by atoms with van der Waals surface area (Å²) in [7, 11) is -3.43. The lowest BCUT2D eigenvalue weighted by Crippen LogP contribution is -2.16. The van der Waals surface area contributed by atoms with E-state index in [2.05, 4.69) is 5.10 Å². The first kappa shape index (κ1) is 17.9. The van der Waals surface area contributed by atoms with E-state index >= 15 is 0 Å². The number of para-hydroxylation sites is 1. The number of aromatic nitrogens is 2. The lowest BCUT2D eigenvalue weighted by molar-refractivity contribution is 0.171. The van der Waals surface area contributed by atoms with Gasteiger partial charge in [0, 0.05) is 6.20 Å². The molecule has 2 heterocycles. The van der Waals surface area contributed by atoms with E-state index in [0.717, 1.165) is 5.69 Å². The zero-order chi connectivity index (χ0) is 18.9. The molecule has 1 aliphatic rings. The maximum absolute atomic E-state index is 12.6. The molecule has 0 unspecified atom stereocenters. The Morgan fingerprint density at radius 3 is 2.63 bits per heavy atom. The number of sulfone groups is 1. The quantitative estimate of drug-likeness (QED) is 0.651. The van der Waals surface area contributed by atoms with Crippen LogP contribution in [0.25, 0.3) is 5.69 Å². The van der Waals surface area contributed by atoms with Crippen LogP contribution in [0.3, 0.4) is 0 Å². The van der Waals surface area contributed by atoms with Gasteiger partial charge in [-0.05, 0) is 35.9 Å². The van der Waals surface area contributed by atoms with Gasteiger partial charge >= 0.3 is 0 Å². The Balaban J connectivity index is 1.51. The van der Waals surface area contributed by atoms with E-state index in [0.29, 0.717) is 41.0 Å². The van der Waals surface area contributed by atoms with E-state index in [-0.39, 0.29) is 11.5 Å². The first-order valence-corrected chi connectivity index (χ1v) is 10.6. The standard InChI is InChI=1S/C19H17ClN2O4S/c20-17-10-14(11-18-19(17)26-9-8-25-18)12-27(23,24)13-15-6-7-22(21-15)16-4-2-1-3-5-16/h1-7,10-11H,8-9,12-13H2. The molecule has 0 atom stereocenters. The van der Waals surface area contributed by atoms with Gasteiger partial charge in [-0.25, -0.2) is 13.1 Å². The number of rotatable bonds is 5. The van der Waals surface area contributed by atoms with Gasteiger partial charge in [-0.15, -0.1) is 0 Å². The highest BCUT2D eigenvalue weighted by molar-refractivity contribution is 7.89. The van der Waals surface area contributed by atoms with Crippen molar-refractivity contribution < 1.29 is 17.9 Å². The Bertz CT molecular complexity index is 1060. The molecule has 0 spiro atoms. The van der Waals surface area contributed by atoms with Crippen LogP contribution in [0, 0.1) is 0 Å². The summed E-state index contributed by atoms with van der Waals surface area (Å²) in [5, 5.41) is 4.71. The molecule has 0 N–H and O–H groups in total. The maximum atomic E-state index is 12.6. The van der Waals surface area contributed by atoms with Gasteiger partial charge < -0.3 is 9.47 Å². The minimum atomic E-state index is -3.43. The molecule has 0 bridgehead atoms. The molecular weight excluding hydrogens is 388 g/mol. The number of halogens is 1. The van der Waals surface area contributed by atoms with Gasteiger partial charge in [0.2, 0.25) is 0 Å². The summed E-state index contributed by atoms with van der Waals surface area (Å²) in [6.07, 6.45) is 1.75. The summed E-state index contributed by atoms with van der Waals surface area (Å²) in [5.74, 6) is 0.637. The molecule has 1 aliphatic heterocycles. The third kappa shape index (κ3) is 4.09. The largest absolute Gasteiger partial charge is 0.486 e. The molecule has 0 radical (unpaired) electrons. The highest BCUT2D eigenvalue weighted by Gasteiger charge is 2.21. The highest BCUT2D eigenvalue weighted by Crippen LogP contribution is 2.38. The monoisotopic (exact) mass is 404 g/mol. The second-order valence-electron chi connectivity index (χ2n) is 6.22. The van der Waals surface area contributed by atoms with Crippen molar-refractivity contribution in [2.24, 2.45) is 0 Å². The average molecular weight is 405 g/mol. The molecule has 3 aromatic rings. The number of ether oxygens (including phenoxy) is 2. The van der Waals surface area contributed by atoms with Gasteiger partial charge in [-0.2, -0.15) is 5.10 Å². The van der Waals surface area contributed by atoms with Crippen molar-refractivity contribution in [2.45, 2.75) is 11.5 Å². The van der Waals surface area contributed by atoms with Crippen LogP contribution in [0.4, 0.5) is 0 Å². The van der Waals surface area contributed by atoms with Crippen LogP contribution < -0.4 is 9.47 Å². The fourth-order valence-corrected chi connectivity index (χ4v) is 4.61. The lowest BCUT2D eigenvalue weighted by atomic mass is 10.2. The fourth-order valence-electron chi connectivity index (χ4n) is 2.94. The van der Waals surface area contributed by atoms with Gasteiger partial charge in [0.25, 0.3) is 0 Å². The van der Waals surface area contributed by atoms with Crippen LogP contribution in [0.15, 0.2) is 54.7 Å². The molecule has 2 aromatic carbocycles. The second kappa shape index (κ2) is 7.25. The number of hydrogen-bond donors (Lipinski definition) is 0. The third-order valence-electron chi connectivity index (χ3n) is 4.08. The molecule has 0 aliphatic carbocycles.